The summed E-state index contributed by atoms with van der Waals surface area (Å²) in [7, 11) is 1.84. The van der Waals surface area contributed by atoms with E-state index in [1.54, 1.807) is 0 Å². The van der Waals surface area contributed by atoms with E-state index in [1.807, 2.05) is 7.05 Å². The summed E-state index contributed by atoms with van der Waals surface area (Å²) in [5, 5.41) is 6.97. The lowest BCUT2D eigenvalue weighted by atomic mass is 9.96. The van der Waals surface area contributed by atoms with E-state index >= 15 is 0 Å². The fourth-order valence-electron chi connectivity index (χ4n) is 3.38. The molecule has 2 rings (SSSR count). The van der Waals surface area contributed by atoms with E-state index in [4.69, 9.17) is 4.74 Å². The molecule has 0 spiro atoms. The van der Waals surface area contributed by atoms with Gasteiger partial charge in [0.1, 0.15) is 0 Å². The average molecular weight is 282 g/mol. The van der Waals surface area contributed by atoms with Crippen LogP contribution in [0.15, 0.2) is 4.99 Å². The number of ether oxygens (including phenoxy) is 1. The van der Waals surface area contributed by atoms with E-state index in [9.17, 15) is 0 Å². The number of hydrogen-bond donors (Lipinski definition) is 2. The van der Waals surface area contributed by atoms with Crippen LogP contribution in [0.5, 0.6) is 0 Å². The number of nitrogens with zero attached hydrogens (tertiary/aromatic N) is 2. The Morgan fingerprint density at radius 3 is 2.60 bits per heavy atom. The molecule has 0 radical (unpaired) electrons. The van der Waals surface area contributed by atoms with Crippen molar-refractivity contribution in [1.82, 2.24) is 15.5 Å². The first-order valence-corrected chi connectivity index (χ1v) is 8.04. The molecule has 4 atom stereocenters. The summed E-state index contributed by atoms with van der Waals surface area (Å²) < 4.78 is 5.88. The van der Waals surface area contributed by atoms with Crippen molar-refractivity contribution in [2.75, 3.05) is 26.7 Å². The van der Waals surface area contributed by atoms with Crippen molar-refractivity contribution in [1.29, 1.82) is 0 Å². The molecule has 2 heterocycles. The third-order valence-electron chi connectivity index (χ3n) is 4.65. The minimum atomic E-state index is 0.388. The minimum absolute atomic E-state index is 0.388. The molecule has 0 saturated carbocycles. The average Bonchev–Trinajstić information content (AvgIpc) is 3.07. The highest BCUT2D eigenvalue weighted by molar-refractivity contribution is 5.80. The molecule has 5 heteroatoms. The summed E-state index contributed by atoms with van der Waals surface area (Å²) >= 11 is 0. The van der Waals surface area contributed by atoms with Crippen LogP contribution in [-0.4, -0.2) is 61.8 Å². The highest BCUT2D eigenvalue weighted by Gasteiger charge is 2.41. The summed E-state index contributed by atoms with van der Waals surface area (Å²) in [5.74, 6) is 0.908. The molecule has 0 amide bonds. The van der Waals surface area contributed by atoms with E-state index in [0.717, 1.165) is 32.0 Å². The van der Waals surface area contributed by atoms with Gasteiger partial charge in [0.25, 0.3) is 0 Å². The van der Waals surface area contributed by atoms with Crippen molar-refractivity contribution >= 4 is 5.96 Å². The van der Waals surface area contributed by atoms with E-state index in [1.165, 1.54) is 12.8 Å². The third-order valence-corrected chi connectivity index (χ3v) is 4.65. The van der Waals surface area contributed by atoms with Crippen LogP contribution < -0.4 is 10.6 Å². The first kappa shape index (κ1) is 15.6. The molecule has 5 nitrogen and oxygen atoms in total. The lowest BCUT2D eigenvalue weighted by molar-refractivity contribution is 0.0992. The normalized spacial score (nSPS) is 30.9. The van der Waals surface area contributed by atoms with Gasteiger partial charge >= 0.3 is 0 Å². The van der Waals surface area contributed by atoms with Crippen LogP contribution in [0.1, 0.15) is 40.0 Å². The van der Waals surface area contributed by atoms with Crippen molar-refractivity contribution in [3.05, 3.63) is 0 Å². The van der Waals surface area contributed by atoms with E-state index in [-0.39, 0.29) is 0 Å². The Hall–Kier alpha value is -0.810. The molecule has 2 fully saturated rings. The smallest absolute Gasteiger partial charge is 0.191 e. The fraction of sp³-hybridized carbons (Fsp3) is 0.933. The van der Waals surface area contributed by atoms with Crippen molar-refractivity contribution in [2.24, 2.45) is 4.99 Å². The molecule has 2 N–H and O–H groups in total. The molecule has 2 aliphatic rings. The Morgan fingerprint density at radius 1 is 1.35 bits per heavy atom. The van der Waals surface area contributed by atoms with Crippen molar-refractivity contribution in [3.63, 3.8) is 0 Å². The third kappa shape index (κ3) is 3.64. The Morgan fingerprint density at radius 2 is 2.10 bits per heavy atom. The molecule has 2 saturated heterocycles. The summed E-state index contributed by atoms with van der Waals surface area (Å²) in [6.07, 6.45) is 4.41. The number of fused-ring (bicyclic) bond motifs is 2. The monoisotopic (exact) mass is 282 g/mol. The van der Waals surface area contributed by atoms with Gasteiger partial charge in [-0.1, -0.05) is 13.8 Å². The van der Waals surface area contributed by atoms with Crippen molar-refractivity contribution in [2.45, 2.75) is 64.3 Å². The molecular weight excluding hydrogens is 252 g/mol. The van der Waals surface area contributed by atoms with Gasteiger partial charge in [-0.15, -0.1) is 0 Å². The van der Waals surface area contributed by atoms with Gasteiger partial charge in [0, 0.05) is 19.6 Å². The van der Waals surface area contributed by atoms with Gasteiger partial charge in [0.05, 0.1) is 18.2 Å². The molecule has 2 bridgehead atoms. The van der Waals surface area contributed by atoms with Crippen LogP contribution in [0.2, 0.25) is 0 Å². The minimum Gasteiger partial charge on any atom is -0.373 e. The Bertz CT molecular complexity index is 330. The lowest BCUT2D eigenvalue weighted by Gasteiger charge is -2.28. The largest absolute Gasteiger partial charge is 0.373 e. The predicted molar refractivity (Wildman–Crippen MR) is 83.2 cm³/mol. The number of likely N-dealkylation sites (N-methyl/N-ethyl adjacent to an activating group) is 1. The van der Waals surface area contributed by atoms with Gasteiger partial charge < -0.3 is 15.4 Å². The maximum absolute atomic E-state index is 5.88. The fourth-order valence-corrected chi connectivity index (χ4v) is 3.38. The van der Waals surface area contributed by atoms with Crippen LogP contribution in [0.25, 0.3) is 0 Å². The second-order valence-corrected chi connectivity index (χ2v) is 5.88. The van der Waals surface area contributed by atoms with Gasteiger partial charge in [0.15, 0.2) is 5.96 Å². The summed E-state index contributed by atoms with van der Waals surface area (Å²) in [6, 6.07) is 0.948. The summed E-state index contributed by atoms with van der Waals surface area (Å²) in [4.78, 5) is 6.78. The molecule has 4 unspecified atom stereocenters. The van der Waals surface area contributed by atoms with Gasteiger partial charge in [-0.3, -0.25) is 9.89 Å². The maximum Gasteiger partial charge on any atom is 0.191 e. The Balaban J connectivity index is 1.75. The van der Waals surface area contributed by atoms with Crippen LogP contribution in [0.3, 0.4) is 0 Å². The lowest BCUT2D eigenvalue weighted by Crippen LogP contribution is -2.50. The molecule has 0 aliphatic carbocycles. The number of guanidine groups is 1. The SMILES string of the molecule is CCN(CC)C(C)CNC(=NC)NC1CC2CCC1O2. The standard InChI is InChI=1S/C15H30N4O/c1-5-19(6-2)11(3)10-17-15(16-4)18-13-9-12-7-8-14(13)20-12/h11-14H,5-10H2,1-4H3,(H2,16,17,18). The molecule has 0 aromatic rings. The van der Waals surface area contributed by atoms with Crippen LogP contribution in [0, 0.1) is 0 Å². The van der Waals surface area contributed by atoms with Crippen LogP contribution in [0.4, 0.5) is 0 Å². The first-order chi connectivity index (χ1) is 9.67. The zero-order chi connectivity index (χ0) is 14.5. The quantitative estimate of drug-likeness (QED) is 0.568. The molecule has 116 valence electrons. The molecule has 0 aromatic heterocycles. The topological polar surface area (TPSA) is 48.9 Å². The van der Waals surface area contributed by atoms with Gasteiger partial charge in [-0.05, 0) is 39.3 Å². The summed E-state index contributed by atoms with van der Waals surface area (Å²) in [6.45, 7) is 9.77. The van der Waals surface area contributed by atoms with Gasteiger partial charge in [0.2, 0.25) is 0 Å². The number of aliphatic imine (C=N–C) groups is 1. The summed E-state index contributed by atoms with van der Waals surface area (Å²) in [5.41, 5.74) is 0. The number of hydrogen-bond acceptors (Lipinski definition) is 3. The second-order valence-electron chi connectivity index (χ2n) is 5.88. The highest BCUT2D eigenvalue weighted by Crippen LogP contribution is 2.34. The van der Waals surface area contributed by atoms with Gasteiger partial charge in [-0.25, -0.2) is 0 Å². The predicted octanol–water partition coefficient (Wildman–Crippen LogP) is 1.20. The molecule has 2 aliphatic heterocycles. The Labute approximate surface area is 123 Å². The number of nitrogens with one attached hydrogen (secondary N) is 2. The van der Waals surface area contributed by atoms with Crippen molar-refractivity contribution in [3.8, 4) is 0 Å². The zero-order valence-corrected chi connectivity index (χ0v) is 13.4. The zero-order valence-electron chi connectivity index (χ0n) is 13.4. The van der Waals surface area contributed by atoms with Crippen LogP contribution >= 0.6 is 0 Å². The van der Waals surface area contributed by atoms with E-state index in [2.05, 4.69) is 41.3 Å². The Kier molecular flexibility index (Phi) is 5.66. The van der Waals surface area contributed by atoms with Crippen LogP contribution in [-0.2, 0) is 4.74 Å². The first-order valence-electron chi connectivity index (χ1n) is 8.04. The van der Waals surface area contributed by atoms with E-state index < -0.39 is 0 Å². The van der Waals surface area contributed by atoms with Gasteiger partial charge in [-0.2, -0.15) is 0 Å². The second kappa shape index (κ2) is 7.27. The van der Waals surface area contributed by atoms with Crippen molar-refractivity contribution < 1.29 is 4.74 Å². The molecule has 0 aromatic carbocycles. The highest BCUT2D eigenvalue weighted by atomic mass is 16.5. The molecular formula is C15H30N4O. The van der Waals surface area contributed by atoms with E-state index in [0.29, 0.717) is 24.3 Å². The maximum atomic E-state index is 5.88. The molecule has 20 heavy (non-hydrogen) atoms. The number of rotatable bonds is 6.